The van der Waals surface area contributed by atoms with Gasteiger partial charge in [0.1, 0.15) is 0 Å². The molecule has 12 heteroatoms. The van der Waals surface area contributed by atoms with E-state index in [2.05, 4.69) is 25.6 Å². The summed E-state index contributed by atoms with van der Waals surface area (Å²) in [6.45, 7) is 5.03. The molecular formula is C22H24N8O3S. The van der Waals surface area contributed by atoms with E-state index in [4.69, 9.17) is 5.14 Å². The second kappa shape index (κ2) is 8.72. The van der Waals surface area contributed by atoms with E-state index in [9.17, 15) is 13.2 Å². The number of benzene rings is 2. The minimum Gasteiger partial charge on any atom is -0.324 e. The Morgan fingerprint density at radius 2 is 1.85 bits per heavy atom. The van der Waals surface area contributed by atoms with Crippen LogP contribution in [0.2, 0.25) is 0 Å². The number of carbonyl (C=O) groups excluding carboxylic acids is 1. The summed E-state index contributed by atoms with van der Waals surface area (Å²) < 4.78 is 25.4. The van der Waals surface area contributed by atoms with Crippen molar-refractivity contribution in [1.29, 1.82) is 0 Å². The number of primary sulfonamides is 1. The first-order valence-electron chi connectivity index (χ1n) is 10.3. The summed E-state index contributed by atoms with van der Waals surface area (Å²) in [6, 6.07) is 12.3. The monoisotopic (exact) mass is 480 g/mol. The lowest BCUT2D eigenvalue weighted by Gasteiger charge is -2.22. The van der Waals surface area contributed by atoms with Crippen LogP contribution in [0.4, 0.5) is 23.4 Å². The Morgan fingerprint density at radius 3 is 2.56 bits per heavy atom. The number of amides is 1. The Hall–Kier alpha value is -4.03. The summed E-state index contributed by atoms with van der Waals surface area (Å²) >= 11 is 0. The van der Waals surface area contributed by atoms with Gasteiger partial charge in [0.2, 0.25) is 27.8 Å². The summed E-state index contributed by atoms with van der Waals surface area (Å²) in [7, 11) is -2.09. The number of carbonyl (C=O) groups is 1. The number of fused-ring (bicyclic) bond motifs is 1. The van der Waals surface area contributed by atoms with Crippen molar-refractivity contribution in [2.75, 3.05) is 22.7 Å². The molecule has 34 heavy (non-hydrogen) atoms. The van der Waals surface area contributed by atoms with E-state index in [1.807, 2.05) is 25.1 Å². The van der Waals surface area contributed by atoms with Gasteiger partial charge in [0.05, 0.1) is 15.9 Å². The van der Waals surface area contributed by atoms with Gasteiger partial charge in [-0.15, -0.1) is 0 Å². The van der Waals surface area contributed by atoms with Crippen molar-refractivity contribution in [2.24, 2.45) is 5.14 Å². The molecule has 0 fully saturated rings. The van der Waals surface area contributed by atoms with Gasteiger partial charge in [0.15, 0.2) is 5.82 Å². The van der Waals surface area contributed by atoms with E-state index in [0.29, 0.717) is 23.0 Å². The minimum atomic E-state index is -3.87. The number of anilines is 4. The third kappa shape index (κ3) is 4.54. The molecule has 0 unspecified atom stereocenters. The maximum absolute atomic E-state index is 11.8. The van der Waals surface area contributed by atoms with Crippen LogP contribution in [0.5, 0.6) is 0 Å². The molecule has 11 nitrogen and oxygen atoms in total. The fourth-order valence-corrected chi connectivity index (χ4v) is 4.38. The first kappa shape index (κ1) is 23.1. The predicted molar refractivity (Wildman–Crippen MR) is 130 cm³/mol. The van der Waals surface area contributed by atoms with E-state index in [1.165, 1.54) is 13.0 Å². The quantitative estimate of drug-likeness (QED) is 0.381. The van der Waals surface area contributed by atoms with Crippen LogP contribution in [0.15, 0.2) is 53.6 Å². The van der Waals surface area contributed by atoms with Gasteiger partial charge in [-0.05, 0) is 43.2 Å². The largest absolute Gasteiger partial charge is 0.324 e. The molecule has 1 amide bonds. The maximum atomic E-state index is 11.8. The van der Waals surface area contributed by atoms with Crippen molar-refractivity contribution in [3.63, 3.8) is 0 Å². The zero-order chi connectivity index (χ0) is 24.6. The van der Waals surface area contributed by atoms with Crippen LogP contribution >= 0.6 is 0 Å². The van der Waals surface area contributed by atoms with Gasteiger partial charge in [-0.25, -0.2) is 28.2 Å². The van der Waals surface area contributed by atoms with E-state index in [-0.39, 0.29) is 16.8 Å². The summed E-state index contributed by atoms with van der Waals surface area (Å²) in [5.74, 6) is 0.848. The Labute approximate surface area is 196 Å². The fourth-order valence-electron chi connectivity index (χ4n) is 3.57. The van der Waals surface area contributed by atoms with Crippen LogP contribution in [0, 0.1) is 13.8 Å². The molecule has 4 N–H and O–H groups in total. The highest BCUT2D eigenvalue weighted by molar-refractivity contribution is 7.89. The highest BCUT2D eigenvalue weighted by Gasteiger charge is 2.19. The van der Waals surface area contributed by atoms with Gasteiger partial charge in [-0.1, -0.05) is 18.2 Å². The molecule has 176 valence electrons. The van der Waals surface area contributed by atoms with Gasteiger partial charge < -0.3 is 5.32 Å². The second-order valence-electron chi connectivity index (χ2n) is 7.78. The zero-order valence-electron chi connectivity index (χ0n) is 19.1. The molecule has 0 aliphatic heterocycles. The van der Waals surface area contributed by atoms with Crippen LogP contribution in [-0.4, -0.2) is 41.0 Å². The smallest absolute Gasteiger partial charge is 0.238 e. The number of aryl methyl sites for hydroxylation is 2. The van der Waals surface area contributed by atoms with Crippen LogP contribution in [0.1, 0.15) is 18.1 Å². The van der Waals surface area contributed by atoms with E-state index in [1.54, 1.807) is 48.1 Å². The molecule has 0 bridgehead atoms. The number of sulfonamides is 1. The third-order valence-corrected chi connectivity index (χ3v) is 6.23. The Balaban J connectivity index is 1.72. The number of hydrogen-bond donors (Lipinski definition) is 3. The molecule has 0 saturated carbocycles. The topological polar surface area (TPSA) is 148 Å². The SMILES string of the molecule is CC(=O)Nc1nc2c(C)cccc2n1N(C)c1ccnc(Nc2ccc(C)c(S(N)(=O)=O)c2)n1. The van der Waals surface area contributed by atoms with Crippen molar-refractivity contribution >= 4 is 50.4 Å². The molecule has 0 aliphatic carbocycles. The minimum absolute atomic E-state index is 0.0194. The first-order chi connectivity index (χ1) is 16.0. The molecule has 4 rings (SSSR count). The molecular weight excluding hydrogens is 456 g/mol. The van der Waals surface area contributed by atoms with Crippen LogP contribution in [0.3, 0.4) is 0 Å². The standard InChI is InChI=1S/C22H24N8O3S/c1-13-8-9-16(12-18(13)34(23,32)33)26-21-24-11-10-19(27-21)29(4)30-17-7-5-6-14(2)20(17)28-22(30)25-15(3)31/h5-12H,1-4H3,(H2,23,32,33)(H,24,26,27)(H,25,28,31). The fraction of sp³-hybridized carbons (Fsp3) is 0.182. The van der Waals surface area contributed by atoms with Gasteiger partial charge in [-0.3, -0.25) is 15.1 Å². The average Bonchev–Trinajstić information content (AvgIpc) is 3.12. The number of hydrogen-bond acceptors (Lipinski definition) is 8. The molecule has 0 spiro atoms. The van der Waals surface area contributed by atoms with Gasteiger partial charge in [0.25, 0.3) is 0 Å². The first-order valence-corrected chi connectivity index (χ1v) is 11.8. The Kier molecular flexibility index (Phi) is 5.94. The highest BCUT2D eigenvalue weighted by atomic mass is 32.2. The number of nitrogens with zero attached hydrogens (tertiary/aromatic N) is 5. The van der Waals surface area contributed by atoms with Crippen molar-refractivity contribution < 1.29 is 13.2 Å². The molecule has 0 saturated heterocycles. The number of aromatic nitrogens is 4. The van der Waals surface area contributed by atoms with Crippen molar-refractivity contribution in [3.05, 3.63) is 59.8 Å². The second-order valence-corrected chi connectivity index (χ2v) is 9.31. The van der Waals surface area contributed by atoms with E-state index in [0.717, 1.165) is 16.6 Å². The normalized spacial score (nSPS) is 11.4. The molecule has 2 aromatic heterocycles. The molecule has 0 atom stereocenters. The van der Waals surface area contributed by atoms with Gasteiger partial charge >= 0.3 is 0 Å². The van der Waals surface area contributed by atoms with Crippen LogP contribution in [0.25, 0.3) is 11.0 Å². The predicted octanol–water partition coefficient (Wildman–Crippen LogP) is 2.69. The zero-order valence-corrected chi connectivity index (χ0v) is 19.9. The van der Waals surface area contributed by atoms with Crippen LogP contribution in [-0.2, 0) is 14.8 Å². The summed E-state index contributed by atoms with van der Waals surface area (Å²) in [4.78, 5) is 25.2. The van der Waals surface area contributed by atoms with Crippen molar-refractivity contribution in [3.8, 4) is 0 Å². The average molecular weight is 481 g/mol. The number of rotatable bonds is 6. The van der Waals surface area contributed by atoms with Crippen molar-refractivity contribution in [2.45, 2.75) is 25.7 Å². The summed E-state index contributed by atoms with van der Waals surface area (Å²) in [5.41, 5.74) is 3.51. The Bertz CT molecular complexity index is 1510. The number of nitrogens with two attached hydrogens (primary N) is 1. The Morgan fingerprint density at radius 1 is 1.09 bits per heavy atom. The molecule has 2 heterocycles. The maximum Gasteiger partial charge on any atom is 0.238 e. The molecule has 2 aromatic carbocycles. The summed E-state index contributed by atoms with van der Waals surface area (Å²) in [6.07, 6.45) is 1.57. The molecule has 0 radical (unpaired) electrons. The number of nitrogens with one attached hydrogen (secondary N) is 2. The lowest BCUT2D eigenvalue weighted by Crippen LogP contribution is -2.28. The number of para-hydroxylation sites is 1. The van der Waals surface area contributed by atoms with E-state index >= 15 is 0 Å². The molecule has 0 aliphatic rings. The lowest BCUT2D eigenvalue weighted by atomic mass is 10.2. The highest BCUT2D eigenvalue weighted by Crippen LogP contribution is 2.26. The van der Waals surface area contributed by atoms with Crippen LogP contribution < -0.4 is 20.8 Å². The van der Waals surface area contributed by atoms with E-state index < -0.39 is 10.0 Å². The lowest BCUT2D eigenvalue weighted by molar-refractivity contribution is -0.114. The van der Waals surface area contributed by atoms with Gasteiger partial charge in [0, 0.05) is 31.9 Å². The number of imidazole rings is 1. The third-order valence-electron chi connectivity index (χ3n) is 5.17. The van der Waals surface area contributed by atoms with Gasteiger partial charge in [-0.2, -0.15) is 4.98 Å². The molecule has 4 aromatic rings. The van der Waals surface area contributed by atoms with Crippen molar-refractivity contribution in [1.82, 2.24) is 19.6 Å². The summed E-state index contributed by atoms with van der Waals surface area (Å²) in [5, 5.41) is 12.8.